The van der Waals surface area contributed by atoms with Gasteiger partial charge in [-0.2, -0.15) is 4.98 Å². The Morgan fingerprint density at radius 1 is 1.29 bits per heavy atom. The number of rotatable bonds is 3. The average molecular weight is 300 g/mol. The first-order valence-electron chi connectivity index (χ1n) is 6.56. The predicted molar refractivity (Wildman–Crippen MR) is 76.8 cm³/mol. The summed E-state index contributed by atoms with van der Waals surface area (Å²) >= 11 is 1.48. The Labute approximate surface area is 124 Å². The van der Waals surface area contributed by atoms with Gasteiger partial charge in [-0.15, -0.1) is 11.3 Å². The van der Waals surface area contributed by atoms with E-state index in [2.05, 4.69) is 15.1 Å². The molecule has 106 valence electrons. The summed E-state index contributed by atoms with van der Waals surface area (Å²) < 4.78 is 11.1. The maximum absolute atomic E-state index is 5.85. The SMILES string of the molecule is NCc1nc(-c2nc(C3Cc4ccccc4O3)no2)cs1. The summed E-state index contributed by atoms with van der Waals surface area (Å²) in [4.78, 5) is 8.73. The lowest BCUT2D eigenvalue weighted by Crippen LogP contribution is -2.05. The minimum Gasteiger partial charge on any atom is -0.482 e. The molecule has 0 radical (unpaired) electrons. The van der Waals surface area contributed by atoms with Crippen LogP contribution in [0.4, 0.5) is 0 Å². The lowest BCUT2D eigenvalue weighted by atomic mass is 10.1. The van der Waals surface area contributed by atoms with Gasteiger partial charge >= 0.3 is 0 Å². The van der Waals surface area contributed by atoms with Crippen molar-refractivity contribution in [1.29, 1.82) is 0 Å². The molecule has 6 nitrogen and oxygen atoms in total. The van der Waals surface area contributed by atoms with Crippen LogP contribution in [0.25, 0.3) is 11.6 Å². The van der Waals surface area contributed by atoms with Crippen LogP contribution in [-0.4, -0.2) is 15.1 Å². The number of aromatic nitrogens is 3. The number of ether oxygens (including phenoxy) is 1. The van der Waals surface area contributed by atoms with Gasteiger partial charge in [0.2, 0.25) is 5.82 Å². The summed E-state index contributed by atoms with van der Waals surface area (Å²) in [6, 6.07) is 7.94. The molecule has 0 amide bonds. The van der Waals surface area contributed by atoms with E-state index in [9.17, 15) is 0 Å². The molecule has 1 atom stereocenters. The minimum absolute atomic E-state index is 0.201. The van der Waals surface area contributed by atoms with E-state index in [1.165, 1.54) is 11.3 Å². The quantitative estimate of drug-likeness (QED) is 0.798. The van der Waals surface area contributed by atoms with E-state index in [4.69, 9.17) is 15.0 Å². The second kappa shape index (κ2) is 4.94. The highest BCUT2D eigenvalue weighted by Gasteiger charge is 2.28. The Morgan fingerprint density at radius 3 is 3.00 bits per heavy atom. The Morgan fingerprint density at radius 2 is 2.19 bits per heavy atom. The normalized spacial score (nSPS) is 16.7. The summed E-state index contributed by atoms with van der Waals surface area (Å²) in [7, 11) is 0. The van der Waals surface area contributed by atoms with Gasteiger partial charge in [-0.25, -0.2) is 4.98 Å². The van der Waals surface area contributed by atoms with Crippen LogP contribution in [0.15, 0.2) is 34.2 Å². The molecule has 1 aromatic carbocycles. The molecule has 0 bridgehead atoms. The van der Waals surface area contributed by atoms with Crippen molar-refractivity contribution in [2.45, 2.75) is 19.1 Å². The van der Waals surface area contributed by atoms with Gasteiger partial charge in [-0.1, -0.05) is 23.4 Å². The van der Waals surface area contributed by atoms with E-state index in [1.54, 1.807) is 0 Å². The van der Waals surface area contributed by atoms with Crippen LogP contribution in [0.2, 0.25) is 0 Å². The molecule has 1 aliphatic heterocycles. The molecule has 3 heterocycles. The van der Waals surface area contributed by atoms with Gasteiger partial charge in [0, 0.05) is 18.3 Å². The number of nitrogens with two attached hydrogens (primary N) is 1. The van der Waals surface area contributed by atoms with Crippen LogP contribution in [0, 0.1) is 0 Å². The summed E-state index contributed by atoms with van der Waals surface area (Å²) in [5.41, 5.74) is 7.38. The van der Waals surface area contributed by atoms with E-state index in [0.717, 1.165) is 22.7 Å². The second-order valence-corrected chi connectivity index (χ2v) is 5.65. The van der Waals surface area contributed by atoms with E-state index in [-0.39, 0.29) is 6.10 Å². The van der Waals surface area contributed by atoms with Crippen LogP contribution in [0.1, 0.15) is 22.5 Å². The summed E-state index contributed by atoms with van der Waals surface area (Å²) in [5.74, 6) is 1.83. The zero-order valence-electron chi connectivity index (χ0n) is 11.0. The van der Waals surface area contributed by atoms with Gasteiger partial charge in [0.25, 0.3) is 5.89 Å². The number of hydrogen-bond acceptors (Lipinski definition) is 7. The Hall–Kier alpha value is -2.25. The zero-order valence-corrected chi connectivity index (χ0v) is 11.8. The molecular formula is C14H12N4O2S. The topological polar surface area (TPSA) is 87.1 Å². The minimum atomic E-state index is -0.201. The van der Waals surface area contributed by atoms with Crippen LogP contribution in [-0.2, 0) is 13.0 Å². The number of fused-ring (bicyclic) bond motifs is 1. The molecule has 0 saturated carbocycles. The lowest BCUT2D eigenvalue weighted by Gasteiger charge is -2.04. The third-order valence-corrected chi connectivity index (χ3v) is 4.19. The standard InChI is InChI=1S/C14H12N4O2S/c15-6-12-16-9(7-21-12)14-17-13(18-20-14)11-5-8-3-1-2-4-10(8)19-11/h1-4,7,11H,5-6,15H2. The highest BCUT2D eigenvalue weighted by atomic mass is 32.1. The smallest absolute Gasteiger partial charge is 0.277 e. The number of para-hydroxylation sites is 1. The maximum atomic E-state index is 5.85. The molecule has 21 heavy (non-hydrogen) atoms. The molecule has 0 fully saturated rings. The highest BCUT2D eigenvalue weighted by molar-refractivity contribution is 7.09. The molecule has 4 rings (SSSR count). The number of thiazole rings is 1. The summed E-state index contributed by atoms with van der Waals surface area (Å²) in [6.45, 7) is 0.409. The molecule has 7 heteroatoms. The molecule has 2 aromatic heterocycles. The van der Waals surface area contributed by atoms with Crippen LogP contribution in [0.3, 0.4) is 0 Å². The second-order valence-electron chi connectivity index (χ2n) is 4.71. The van der Waals surface area contributed by atoms with Crippen molar-refractivity contribution in [1.82, 2.24) is 15.1 Å². The zero-order chi connectivity index (χ0) is 14.2. The van der Waals surface area contributed by atoms with Crippen LogP contribution in [0.5, 0.6) is 5.75 Å². The highest BCUT2D eigenvalue weighted by Crippen LogP contribution is 2.35. The first-order chi connectivity index (χ1) is 10.3. The molecular weight excluding hydrogens is 288 g/mol. The Bertz CT molecular complexity index is 758. The van der Waals surface area contributed by atoms with E-state index >= 15 is 0 Å². The van der Waals surface area contributed by atoms with Gasteiger partial charge in [-0.05, 0) is 11.6 Å². The van der Waals surface area contributed by atoms with Gasteiger partial charge < -0.3 is 15.0 Å². The molecule has 1 unspecified atom stereocenters. The van der Waals surface area contributed by atoms with Crippen LogP contribution < -0.4 is 10.5 Å². The predicted octanol–water partition coefficient (Wildman–Crippen LogP) is 2.33. The first-order valence-corrected chi connectivity index (χ1v) is 7.44. The third-order valence-electron chi connectivity index (χ3n) is 3.32. The molecule has 1 aliphatic rings. The first kappa shape index (κ1) is 12.5. The maximum Gasteiger partial charge on any atom is 0.277 e. The van der Waals surface area contributed by atoms with Crippen molar-refractivity contribution in [2.24, 2.45) is 5.73 Å². The van der Waals surface area contributed by atoms with Crippen molar-refractivity contribution in [3.8, 4) is 17.3 Å². The molecule has 0 saturated heterocycles. The van der Waals surface area contributed by atoms with Crippen molar-refractivity contribution >= 4 is 11.3 Å². The number of nitrogens with zero attached hydrogens (tertiary/aromatic N) is 3. The molecule has 3 aromatic rings. The fourth-order valence-electron chi connectivity index (χ4n) is 2.30. The molecule has 0 aliphatic carbocycles. The fourth-order valence-corrected chi connectivity index (χ4v) is 2.95. The van der Waals surface area contributed by atoms with Crippen molar-refractivity contribution < 1.29 is 9.26 Å². The van der Waals surface area contributed by atoms with Gasteiger partial charge in [0.1, 0.15) is 16.5 Å². The van der Waals surface area contributed by atoms with E-state index < -0.39 is 0 Å². The van der Waals surface area contributed by atoms with Crippen molar-refractivity contribution in [3.05, 3.63) is 46.0 Å². The Kier molecular flexibility index (Phi) is 2.94. The van der Waals surface area contributed by atoms with Crippen molar-refractivity contribution in [3.63, 3.8) is 0 Å². The van der Waals surface area contributed by atoms with Crippen molar-refractivity contribution in [2.75, 3.05) is 0 Å². The Balaban J connectivity index is 1.58. The number of hydrogen-bond donors (Lipinski definition) is 1. The van der Waals surface area contributed by atoms with E-state index in [0.29, 0.717) is 24.0 Å². The third kappa shape index (κ3) is 2.20. The average Bonchev–Trinajstić information content (AvgIpc) is 3.24. The monoisotopic (exact) mass is 300 g/mol. The largest absolute Gasteiger partial charge is 0.482 e. The lowest BCUT2D eigenvalue weighted by molar-refractivity contribution is 0.221. The summed E-state index contributed by atoms with van der Waals surface area (Å²) in [6.07, 6.45) is 0.549. The van der Waals surface area contributed by atoms with Gasteiger partial charge in [-0.3, -0.25) is 0 Å². The summed E-state index contributed by atoms with van der Waals surface area (Å²) in [5, 5.41) is 6.72. The van der Waals surface area contributed by atoms with Crippen LogP contribution >= 0.6 is 11.3 Å². The van der Waals surface area contributed by atoms with E-state index in [1.807, 2.05) is 29.6 Å². The fraction of sp³-hybridized carbons (Fsp3) is 0.214. The van der Waals surface area contributed by atoms with Gasteiger partial charge in [0.05, 0.1) is 0 Å². The molecule has 2 N–H and O–H groups in total. The number of benzene rings is 1. The van der Waals surface area contributed by atoms with Gasteiger partial charge in [0.15, 0.2) is 6.10 Å². The molecule has 0 spiro atoms.